The summed E-state index contributed by atoms with van der Waals surface area (Å²) in [5.74, 6) is 0. The van der Waals surface area contributed by atoms with Crippen LogP contribution in [-0.2, 0) is 15.9 Å². The van der Waals surface area contributed by atoms with Gasteiger partial charge in [-0.3, -0.25) is 4.98 Å². The fraction of sp³-hybridized carbons (Fsp3) is 0.444. The molecule has 0 aromatic carbocycles. The summed E-state index contributed by atoms with van der Waals surface area (Å²) in [6.45, 7) is 1.47. The van der Waals surface area contributed by atoms with Gasteiger partial charge in [0.25, 0.3) is 0 Å². The monoisotopic (exact) mass is 281 g/mol. The molecule has 100 valence electrons. The molecule has 0 aliphatic carbocycles. The Balaban J connectivity index is 3.11. The van der Waals surface area contributed by atoms with Crippen molar-refractivity contribution in [2.75, 3.05) is 6.26 Å². The second kappa shape index (κ2) is 5.01. The van der Waals surface area contributed by atoms with Gasteiger partial charge in [0.05, 0.1) is 20.3 Å². The maximum absolute atomic E-state index is 12.3. The van der Waals surface area contributed by atoms with Crippen LogP contribution < -0.4 is 0 Å². The Kier molecular flexibility index (Phi) is 4.05. The third kappa shape index (κ3) is 3.25. The van der Waals surface area contributed by atoms with Gasteiger partial charge >= 0.3 is 6.18 Å². The van der Waals surface area contributed by atoms with E-state index in [0.717, 1.165) is 18.3 Å². The largest absolute Gasteiger partial charge is 0.433 e. The molecular formula is C9H10F3N3O2S. The molecule has 1 heterocycles. The van der Waals surface area contributed by atoms with Gasteiger partial charge in [-0.05, 0) is 18.6 Å². The lowest BCUT2D eigenvalue weighted by Crippen LogP contribution is -2.11. The molecule has 5 nitrogen and oxygen atoms in total. The highest BCUT2D eigenvalue weighted by Gasteiger charge is 2.32. The minimum atomic E-state index is -4.52. The fourth-order valence-corrected chi connectivity index (χ4v) is 2.12. The van der Waals surface area contributed by atoms with E-state index in [2.05, 4.69) is 14.7 Å². The van der Waals surface area contributed by atoms with Crippen molar-refractivity contribution in [3.05, 3.63) is 34.5 Å². The van der Waals surface area contributed by atoms with Crippen LogP contribution in [0.1, 0.15) is 23.4 Å². The molecule has 0 spiro atoms. The maximum Gasteiger partial charge on any atom is 0.433 e. The Bertz CT molecular complexity index is 547. The molecule has 0 saturated heterocycles. The van der Waals surface area contributed by atoms with Gasteiger partial charge in [-0.1, -0.05) is 10.5 Å². The van der Waals surface area contributed by atoms with Gasteiger partial charge in [0.1, 0.15) is 5.69 Å². The molecule has 2 unspecified atom stereocenters. The lowest BCUT2D eigenvalue weighted by Gasteiger charge is -2.13. The molecular weight excluding hydrogens is 271 g/mol. The van der Waals surface area contributed by atoms with Crippen LogP contribution in [0.3, 0.4) is 0 Å². The first-order chi connectivity index (χ1) is 8.18. The average Bonchev–Trinajstić information content (AvgIpc) is 2.27. The normalized spacial score (nSPS) is 16.7. The summed E-state index contributed by atoms with van der Waals surface area (Å²) in [6.07, 6.45) is -2.35. The van der Waals surface area contributed by atoms with Crippen LogP contribution in [0.25, 0.3) is 0 Å². The molecule has 0 bridgehead atoms. The van der Waals surface area contributed by atoms with Crippen molar-refractivity contribution in [3.63, 3.8) is 0 Å². The summed E-state index contributed by atoms with van der Waals surface area (Å²) in [4.78, 5) is 13.2. The van der Waals surface area contributed by atoms with Crippen molar-refractivity contribution in [1.82, 2.24) is 4.98 Å². The van der Waals surface area contributed by atoms with E-state index >= 15 is 0 Å². The summed E-state index contributed by atoms with van der Waals surface area (Å²) in [5, 5.41) is 1.46. The van der Waals surface area contributed by atoms with E-state index in [9.17, 15) is 22.3 Å². The Hall–Kier alpha value is -1.51. The highest BCUT2D eigenvalue weighted by molar-refractivity contribution is 7.93. The zero-order valence-electron chi connectivity index (χ0n) is 9.51. The van der Waals surface area contributed by atoms with Crippen molar-refractivity contribution in [2.45, 2.75) is 18.3 Å². The quantitative estimate of drug-likeness (QED) is 0.631. The summed E-state index contributed by atoms with van der Waals surface area (Å²) in [7, 11) is -2.94. The Morgan fingerprint density at radius 3 is 2.39 bits per heavy atom. The number of nitroso groups, excluding NO2 is 1. The topological polar surface area (TPSA) is 71.8 Å². The highest BCUT2D eigenvalue weighted by atomic mass is 32.2. The van der Waals surface area contributed by atoms with E-state index in [4.69, 9.17) is 0 Å². The molecule has 0 aliphatic rings. The molecule has 1 rings (SSSR count). The van der Waals surface area contributed by atoms with Crippen LogP contribution in [0.5, 0.6) is 0 Å². The SMILES string of the molecule is CC(c1ccc(C(F)(F)F)nc1)S(C)(=O)=NN=O. The third-order valence-electron chi connectivity index (χ3n) is 2.40. The molecule has 0 aliphatic heterocycles. The van der Waals surface area contributed by atoms with Gasteiger partial charge in [-0.2, -0.15) is 13.2 Å². The molecule has 0 saturated carbocycles. The molecule has 9 heteroatoms. The number of halogens is 3. The second-order valence-corrected chi connectivity index (χ2v) is 6.23. The predicted molar refractivity (Wildman–Crippen MR) is 59.9 cm³/mol. The molecule has 2 atom stereocenters. The van der Waals surface area contributed by atoms with Crippen molar-refractivity contribution in [1.29, 1.82) is 0 Å². The maximum atomic E-state index is 12.3. The summed E-state index contributed by atoms with van der Waals surface area (Å²) >= 11 is 0. The zero-order chi connectivity index (χ0) is 14.0. The van der Waals surface area contributed by atoms with E-state index in [1.807, 2.05) is 0 Å². The van der Waals surface area contributed by atoms with Crippen molar-refractivity contribution in [2.24, 2.45) is 9.76 Å². The Morgan fingerprint density at radius 2 is 2.00 bits per heavy atom. The van der Waals surface area contributed by atoms with Gasteiger partial charge in [0.15, 0.2) is 0 Å². The Morgan fingerprint density at radius 1 is 1.39 bits per heavy atom. The first kappa shape index (κ1) is 14.6. The number of rotatable bonds is 3. The third-order valence-corrected chi connectivity index (χ3v) is 4.37. The lowest BCUT2D eigenvalue weighted by atomic mass is 10.2. The van der Waals surface area contributed by atoms with Gasteiger partial charge in [0.2, 0.25) is 0 Å². The first-order valence-electron chi connectivity index (χ1n) is 4.74. The highest BCUT2D eigenvalue weighted by Crippen LogP contribution is 2.29. The molecule has 1 aromatic heterocycles. The zero-order valence-corrected chi connectivity index (χ0v) is 10.3. The molecule has 18 heavy (non-hydrogen) atoms. The summed E-state index contributed by atoms with van der Waals surface area (Å²) in [5.41, 5.74) is -0.741. The minimum absolute atomic E-state index is 0.294. The van der Waals surface area contributed by atoms with Crippen LogP contribution in [-0.4, -0.2) is 15.4 Å². The Labute approximate surface area is 102 Å². The van der Waals surface area contributed by atoms with E-state index in [0.29, 0.717) is 5.56 Å². The predicted octanol–water partition coefficient (Wildman–Crippen LogP) is 2.94. The number of pyridine rings is 1. The van der Waals surface area contributed by atoms with Crippen LogP contribution >= 0.6 is 0 Å². The molecule has 0 radical (unpaired) electrons. The van der Waals surface area contributed by atoms with E-state index < -0.39 is 26.8 Å². The number of hydrogen-bond donors (Lipinski definition) is 0. The standard InChI is InChI=1S/C9H10F3N3O2S/c1-6(18(2,17)15-14-16)7-3-4-8(13-5-7)9(10,11)12/h3-6H,1-2H3. The fourth-order valence-electron chi connectivity index (χ4n) is 1.20. The van der Waals surface area contributed by atoms with Crippen molar-refractivity contribution >= 4 is 9.73 Å². The first-order valence-corrected chi connectivity index (χ1v) is 6.73. The smallest absolute Gasteiger partial charge is 0.251 e. The van der Waals surface area contributed by atoms with Crippen molar-refractivity contribution in [3.8, 4) is 0 Å². The van der Waals surface area contributed by atoms with Crippen LogP contribution in [0, 0.1) is 4.91 Å². The molecule has 1 aromatic rings. The minimum Gasteiger partial charge on any atom is -0.251 e. The number of aromatic nitrogens is 1. The van der Waals surface area contributed by atoms with Crippen molar-refractivity contribution < 1.29 is 17.4 Å². The number of hydrogen-bond acceptors (Lipinski definition) is 3. The molecule has 0 N–H and O–H groups in total. The summed E-state index contributed by atoms with van der Waals surface area (Å²) < 4.78 is 51.8. The lowest BCUT2D eigenvalue weighted by molar-refractivity contribution is -0.141. The van der Waals surface area contributed by atoms with Gasteiger partial charge in [-0.25, -0.2) is 4.21 Å². The molecule has 0 amide bonds. The van der Waals surface area contributed by atoms with Crippen LogP contribution in [0.4, 0.5) is 13.2 Å². The number of nitrogens with zero attached hydrogens (tertiary/aromatic N) is 3. The van der Waals surface area contributed by atoms with Crippen LogP contribution in [0.15, 0.2) is 28.1 Å². The average molecular weight is 281 g/mol. The van der Waals surface area contributed by atoms with Crippen LogP contribution in [0.2, 0.25) is 0 Å². The van der Waals surface area contributed by atoms with Gasteiger partial charge in [-0.15, -0.1) is 4.91 Å². The van der Waals surface area contributed by atoms with E-state index in [-0.39, 0.29) is 0 Å². The van der Waals surface area contributed by atoms with Gasteiger partial charge in [0, 0.05) is 12.5 Å². The van der Waals surface area contributed by atoms with Gasteiger partial charge < -0.3 is 0 Å². The van der Waals surface area contributed by atoms with E-state index in [1.54, 1.807) is 0 Å². The van der Waals surface area contributed by atoms with E-state index in [1.165, 1.54) is 13.2 Å². The second-order valence-electron chi connectivity index (χ2n) is 3.64. The summed E-state index contributed by atoms with van der Waals surface area (Å²) in [6, 6.07) is 1.94. The molecule has 0 fully saturated rings. The number of alkyl halides is 3.